The number of carbonyl (C=O) groups is 2. The lowest BCUT2D eigenvalue weighted by Crippen LogP contribution is -2.12. The molecular formula is C6H6Br2Cl4O2. The van der Waals surface area contributed by atoms with E-state index in [0.717, 1.165) is 0 Å². The van der Waals surface area contributed by atoms with Gasteiger partial charge in [0.1, 0.15) is 0 Å². The van der Waals surface area contributed by atoms with Crippen molar-refractivity contribution in [3.8, 4) is 0 Å². The number of Topliss-reactive ketones (excluding diaryl/α,β-unsaturated/α-hetero) is 2. The molecule has 0 heterocycles. The quantitative estimate of drug-likeness (QED) is 0.638. The van der Waals surface area contributed by atoms with Crippen LogP contribution in [0.5, 0.6) is 0 Å². The third-order valence-corrected chi connectivity index (χ3v) is 2.98. The average Bonchev–Trinajstić information content (AvgIpc) is 1.83. The van der Waals surface area contributed by atoms with Crippen LogP contribution < -0.4 is 0 Å². The second kappa shape index (κ2) is 6.92. The molecule has 0 atom stereocenters. The summed E-state index contributed by atoms with van der Waals surface area (Å²) in [6, 6.07) is 0. The molecule has 0 rings (SSSR count). The number of rotatable bonds is 2. The van der Waals surface area contributed by atoms with Gasteiger partial charge in [-0.2, -0.15) is 0 Å². The van der Waals surface area contributed by atoms with Gasteiger partial charge in [-0.15, -0.1) is 0 Å². The molecule has 0 aliphatic heterocycles. The Kier molecular flexibility index (Phi) is 8.82. The molecule has 0 unspecified atom stereocenters. The second-order valence-corrected chi connectivity index (χ2v) is 8.97. The molecule has 8 heteroatoms. The zero-order valence-electron chi connectivity index (χ0n) is 7.08. The number of carbonyl (C=O) groups excluding carboxylic acids is 2. The number of ketones is 2. The van der Waals surface area contributed by atoms with E-state index in [1.807, 2.05) is 0 Å². The fourth-order valence-electron chi connectivity index (χ4n) is 0. The first-order valence-corrected chi connectivity index (χ1v) is 6.14. The molecule has 0 N–H and O–H groups in total. The molecule has 0 radical (unpaired) electrons. The summed E-state index contributed by atoms with van der Waals surface area (Å²) >= 11 is 26.3. The highest BCUT2D eigenvalue weighted by molar-refractivity contribution is 9.11. The topological polar surface area (TPSA) is 34.1 Å². The van der Waals surface area contributed by atoms with Crippen LogP contribution in [-0.2, 0) is 9.59 Å². The Labute approximate surface area is 119 Å². The lowest BCUT2D eigenvalue weighted by Gasteiger charge is -2.02. The maximum atomic E-state index is 10.2. The summed E-state index contributed by atoms with van der Waals surface area (Å²) in [6.45, 7) is 2.60. The highest BCUT2D eigenvalue weighted by Gasteiger charge is 2.24. The van der Waals surface area contributed by atoms with E-state index in [9.17, 15) is 9.59 Å². The Bertz CT molecular complexity index is 195. The van der Waals surface area contributed by atoms with Crippen molar-refractivity contribution < 1.29 is 9.59 Å². The molecule has 2 nitrogen and oxygen atoms in total. The van der Waals surface area contributed by atoms with Gasteiger partial charge >= 0.3 is 0 Å². The van der Waals surface area contributed by atoms with E-state index in [1.54, 1.807) is 0 Å². The summed E-state index contributed by atoms with van der Waals surface area (Å²) in [5.74, 6) is -0.619. The van der Waals surface area contributed by atoms with Crippen LogP contribution in [0.2, 0.25) is 0 Å². The molecule has 0 aromatic rings. The van der Waals surface area contributed by atoms with Crippen molar-refractivity contribution >= 4 is 89.8 Å². The third-order valence-electron chi connectivity index (χ3n) is 0.798. The highest BCUT2D eigenvalue weighted by Crippen LogP contribution is 2.29. The van der Waals surface area contributed by atoms with Crippen molar-refractivity contribution in [1.82, 2.24) is 0 Å². The van der Waals surface area contributed by atoms with Crippen LogP contribution in [0.25, 0.3) is 0 Å². The minimum absolute atomic E-state index is 0.309. The lowest BCUT2D eigenvalue weighted by molar-refractivity contribution is -0.116. The van der Waals surface area contributed by atoms with Crippen LogP contribution in [0.1, 0.15) is 13.8 Å². The molecule has 0 fully saturated rings. The average molecular weight is 412 g/mol. The molecule has 84 valence electrons. The monoisotopic (exact) mass is 408 g/mol. The number of halogens is 6. The highest BCUT2D eigenvalue weighted by atomic mass is 79.9. The molecule has 0 aromatic carbocycles. The number of alkyl halides is 6. The maximum absolute atomic E-state index is 10.2. The minimum atomic E-state index is -1.38. The zero-order chi connectivity index (χ0) is 12.2. The van der Waals surface area contributed by atoms with Crippen LogP contribution in [0.15, 0.2) is 0 Å². The summed E-state index contributed by atoms with van der Waals surface area (Å²) in [5, 5.41) is 0. The molecule has 0 bridgehead atoms. The number of hydrogen-bond donors (Lipinski definition) is 0. The minimum Gasteiger partial charge on any atom is -0.296 e. The molecule has 0 aliphatic rings. The van der Waals surface area contributed by atoms with E-state index in [2.05, 4.69) is 31.9 Å². The fourth-order valence-corrected chi connectivity index (χ4v) is 0. The Morgan fingerprint density at radius 3 is 0.929 bits per heavy atom. The van der Waals surface area contributed by atoms with Gasteiger partial charge in [0.2, 0.25) is 6.49 Å². The van der Waals surface area contributed by atoms with Crippen molar-refractivity contribution in [2.24, 2.45) is 0 Å². The van der Waals surface area contributed by atoms with E-state index < -0.39 is 6.49 Å². The summed E-state index contributed by atoms with van der Waals surface area (Å²) in [5.41, 5.74) is 0. The summed E-state index contributed by atoms with van der Waals surface area (Å²) in [6.07, 6.45) is 0. The standard InChI is InChI=1S/2C3H3BrCl2O/c2*1-2(7)3(4,5)6/h2*1H3. The Morgan fingerprint density at radius 2 is 0.929 bits per heavy atom. The molecule has 0 aromatic heterocycles. The van der Waals surface area contributed by atoms with Gasteiger partial charge in [-0.1, -0.05) is 46.4 Å². The van der Waals surface area contributed by atoms with Crippen LogP contribution >= 0.6 is 78.3 Å². The second-order valence-electron chi connectivity index (χ2n) is 2.11. The van der Waals surface area contributed by atoms with Crippen LogP contribution in [-0.4, -0.2) is 18.1 Å². The van der Waals surface area contributed by atoms with Gasteiger partial charge in [0, 0.05) is 0 Å². The number of hydrogen-bond acceptors (Lipinski definition) is 2. The van der Waals surface area contributed by atoms with E-state index in [1.165, 1.54) is 13.8 Å². The lowest BCUT2D eigenvalue weighted by atomic mass is 10.5. The molecule has 0 aliphatic carbocycles. The largest absolute Gasteiger partial charge is 0.296 e. The van der Waals surface area contributed by atoms with Gasteiger partial charge in [0.15, 0.2) is 11.6 Å². The molecule has 0 saturated carbocycles. The zero-order valence-corrected chi connectivity index (χ0v) is 13.3. The first-order valence-electron chi connectivity index (χ1n) is 3.04. The van der Waals surface area contributed by atoms with Crippen molar-refractivity contribution in [2.75, 3.05) is 0 Å². The smallest absolute Gasteiger partial charge is 0.229 e. The van der Waals surface area contributed by atoms with Gasteiger partial charge in [-0.25, -0.2) is 0 Å². The van der Waals surface area contributed by atoms with Crippen molar-refractivity contribution in [1.29, 1.82) is 0 Å². The molecule has 0 saturated heterocycles. The third kappa shape index (κ3) is 11.5. The molecule has 0 amide bonds. The Balaban J connectivity index is 0. The normalized spacial score (nSPS) is 11.4. The van der Waals surface area contributed by atoms with E-state index >= 15 is 0 Å². The van der Waals surface area contributed by atoms with E-state index in [-0.39, 0.29) is 11.6 Å². The molecule has 0 spiro atoms. The van der Waals surface area contributed by atoms with Crippen LogP contribution in [0.3, 0.4) is 0 Å². The first kappa shape index (κ1) is 17.8. The van der Waals surface area contributed by atoms with E-state index in [4.69, 9.17) is 46.4 Å². The van der Waals surface area contributed by atoms with Crippen molar-refractivity contribution in [2.45, 2.75) is 20.3 Å². The van der Waals surface area contributed by atoms with Crippen LogP contribution in [0, 0.1) is 0 Å². The van der Waals surface area contributed by atoms with Crippen molar-refractivity contribution in [3.63, 3.8) is 0 Å². The Hall–Kier alpha value is 1.46. The van der Waals surface area contributed by atoms with Crippen LogP contribution in [0.4, 0.5) is 0 Å². The van der Waals surface area contributed by atoms with Gasteiger partial charge in [-0.05, 0) is 45.7 Å². The van der Waals surface area contributed by atoms with Gasteiger partial charge in [-0.3, -0.25) is 9.59 Å². The SMILES string of the molecule is CC(=O)C(Cl)(Cl)Br.CC(=O)C(Cl)(Cl)Br. The predicted molar refractivity (Wildman–Crippen MR) is 68.1 cm³/mol. The van der Waals surface area contributed by atoms with Crippen molar-refractivity contribution in [3.05, 3.63) is 0 Å². The maximum Gasteiger partial charge on any atom is 0.229 e. The molecule has 14 heavy (non-hydrogen) atoms. The summed E-state index contributed by atoms with van der Waals surface area (Å²) in [7, 11) is 0. The predicted octanol–water partition coefficient (Wildman–Crippen LogP) is 4.20. The molecular weight excluding hydrogens is 406 g/mol. The van der Waals surface area contributed by atoms with Gasteiger partial charge < -0.3 is 0 Å². The summed E-state index contributed by atoms with van der Waals surface area (Å²) in [4.78, 5) is 20.3. The fraction of sp³-hybridized carbons (Fsp3) is 0.667. The summed E-state index contributed by atoms with van der Waals surface area (Å²) < 4.78 is -2.76. The Morgan fingerprint density at radius 1 is 0.857 bits per heavy atom. The first-order chi connectivity index (χ1) is 5.89. The van der Waals surface area contributed by atoms with Gasteiger partial charge in [0.05, 0.1) is 0 Å². The van der Waals surface area contributed by atoms with Gasteiger partial charge in [0.25, 0.3) is 0 Å². The van der Waals surface area contributed by atoms with E-state index in [0.29, 0.717) is 0 Å².